The lowest BCUT2D eigenvalue weighted by Crippen LogP contribution is -2.15. The molecule has 1 heterocycles. The van der Waals surface area contributed by atoms with Crippen LogP contribution in [0.25, 0.3) is 0 Å². The molecule has 3 rings (SSSR count). The molecule has 0 spiro atoms. The Hall–Kier alpha value is -1.46. The van der Waals surface area contributed by atoms with E-state index in [1.165, 1.54) is 36.7 Å². The predicted octanol–water partition coefficient (Wildman–Crippen LogP) is 3.76. The quantitative estimate of drug-likeness (QED) is 0.908. The second-order valence-corrected chi connectivity index (χ2v) is 5.90. The number of rotatable bonds is 5. The third-order valence-electron chi connectivity index (χ3n) is 3.08. The van der Waals surface area contributed by atoms with Crippen molar-refractivity contribution in [3.05, 3.63) is 53.7 Å². The summed E-state index contributed by atoms with van der Waals surface area (Å²) in [5.41, 5.74) is 1.11. The van der Waals surface area contributed by atoms with Crippen molar-refractivity contribution in [2.75, 3.05) is 0 Å². The molecule has 20 heavy (non-hydrogen) atoms. The van der Waals surface area contributed by atoms with Gasteiger partial charge >= 0.3 is 0 Å². The molecule has 1 N–H and O–H groups in total. The Kier molecular flexibility index (Phi) is 3.98. The van der Waals surface area contributed by atoms with Gasteiger partial charge in [0.2, 0.25) is 0 Å². The first kappa shape index (κ1) is 13.5. The summed E-state index contributed by atoms with van der Waals surface area (Å²) in [7, 11) is 0. The van der Waals surface area contributed by atoms with Gasteiger partial charge in [0.1, 0.15) is 16.7 Å². The fourth-order valence-corrected chi connectivity index (χ4v) is 2.56. The Morgan fingerprint density at radius 1 is 1.20 bits per heavy atom. The summed E-state index contributed by atoms with van der Waals surface area (Å²) in [6.45, 7) is 0.813. The molecule has 0 bridgehead atoms. The van der Waals surface area contributed by atoms with Crippen LogP contribution >= 0.6 is 11.8 Å². The molecule has 0 unspecified atom stereocenters. The minimum absolute atomic E-state index is 0.378. The molecule has 1 aliphatic carbocycles. The summed E-state index contributed by atoms with van der Waals surface area (Å²) in [5.74, 6) is -1.13. The van der Waals surface area contributed by atoms with Gasteiger partial charge < -0.3 is 5.32 Å². The lowest BCUT2D eigenvalue weighted by molar-refractivity contribution is 0.565. The molecular formula is C15H14F2N2S. The summed E-state index contributed by atoms with van der Waals surface area (Å²) in [5, 5.41) is 4.11. The molecule has 1 aromatic carbocycles. The monoisotopic (exact) mass is 292 g/mol. The van der Waals surface area contributed by atoms with Crippen LogP contribution in [0.5, 0.6) is 0 Å². The van der Waals surface area contributed by atoms with Gasteiger partial charge in [0.15, 0.2) is 0 Å². The topological polar surface area (TPSA) is 24.9 Å². The predicted molar refractivity (Wildman–Crippen MR) is 74.6 cm³/mol. The number of halogens is 2. The van der Waals surface area contributed by atoms with Gasteiger partial charge in [-0.1, -0.05) is 17.8 Å². The first-order valence-electron chi connectivity index (χ1n) is 6.52. The fourth-order valence-electron chi connectivity index (χ4n) is 1.80. The zero-order valence-electron chi connectivity index (χ0n) is 10.8. The van der Waals surface area contributed by atoms with Crippen molar-refractivity contribution in [2.45, 2.75) is 35.3 Å². The fraction of sp³-hybridized carbons (Fsp3) is 0.267. The highest BCUT2D eigenvalue weighted by Crippen LogP contribution is 2.28. The van der Waals surface area contributed by atoms with Gasteiger partial charge in [-0.3, -0.25) is 0 Å². The average molecular weight is 292 g/mol. The van der Waals surface area contributed by atoms with E-state index in [1.54, 1.807) is 6.20 Å². The van der Waals surface area contributed by atoms with Crippen LogP contribution in [-0.4, -0.2) is 11.0 Å². The second kappa shape index (κ2) is 5.89. The highest BCUT2D eigenvalue weighted by Gasteiger charge is 2.19. The molecule has 5 heteroatoms. The maximum atomic E-state index is 13.5. The number of hydrogen-bond donors (Lipinski definition) is 1. The number of pyridine rings is 1. The largest absolute Gasteiger partial charge is 0.310 e. The minimum Gasteiger partial charge on any atom is -0.310 e. The SMILES string of the molecule is Fc1ccc(Sc2ccc(CNC3CC3)cn2)c(F)c1. The van der Waals surface area contributed by atoms with Gasteiger partial charge in [0.05, 0.1) is 0 Å². The first-order valence-corrected chi connectivity index (χ1v) is 7.33. The van der Waals surface area contributed by atoms with E-state index >= 15 is 0 Å². The average Bonchev–Trinajstić information content (AvgIpc) is 3.25. The third kappa shape index (κ3) is 3.55. The van der Waals surface area contributed by atoms with Crippen molar-refractivity contribution in [1.29, 1.82) is 0 Å². The summed E-state index contributed by atoms with van der Waals surface area (Å²) >= 11 is 1.20. The van der Waals surface area contributed by atoms with E-state index in [0.29, 0.717) is 16.0 Å². The highest BCUT2D eigenvalue weighted by molar-refractivity contribution is 7.99. The van der Waals surface area contributed by atoms with E-state index in [0.717, 1.165) is 18.2 Å². The van der Waals surface area contributed by atoms with Crippen molar-refractivity contribution >= 4 is 11.8 Å². The van der Waals surface area contributed by atoms with Crippen molar-refractivity contribution in [2.24, 2.45) is 0 Å². The molecule has 0 saturated heterocycles. The van der Waals surface area contributed by atoms with Gasteiger partial charge in [0, 0.05) is 29.7 Å². The molecular weight excluding hydrogens is 278 g/mol. The number of aromatic nitrogens is 1. The Morgan fingerprint density at radius 3 is 2.70 bits per heavy atom. The van der Waals surface area contributed by atoms with Gasteiger partial charge in [0.25, 0.3) is 0 Å². The molecule has 2 aromatic rings. The van der Waals surface area contributed by atoms with Crippen LogP contribution in [0.4, 0.5) is 8.78 Å². The molecule has 2 nitrogen and oxygen atoms in total. The first-order chi connectivity index (χ1) is 9.70. The Labute approximate surface area is 120 Å². The normalized spacial score (nSPS) is 14.5. The van der Waals surface area contributed by atoms with E-state index in [4.69, 9.17) is 0 Å². The molecule has 1 fully saturated rings. The summed E-state index contributed by atoms with van der Waals surface area (Å²) in [6.07, 6.45) is 4.30. The van der Waals surface area contributed by atoms with E-state index in [-0.39, 0.29) is 0 Å². The lowest BCUT2D eigenvalue weighted by Gasteiger charge is -2.05. The third-order valence-corrected chi connectivity index (χ3v) is 4.08. The van der Waals surface area contributed by atoms with Gasteiger partial charge in [-0.2, -0.15) is 0 Å². The summed E-state index contributed by atoms with van der Waals surface area (Å²) in [4.78, 5) is 4.68. The van der Waals surface area contributed by atoms with Crippen LogP contribution < -0.4 is 5.32 Å². The molecule has 1 aromatic heterocycles. The van der Waals surface area contributed by atoms with Crippen molar-refractivity contribution < 1.29 is 8.78 Å². The Morgan fingerprint density at radius 2 is 2.05 bits per heavy atom. The van der Waals surface area contributed by atoms with Crippen LogP contribution in [0.1, 0.15) is 18.4 Å². The zero-order chi connectivity index (χ0) is 13.9. The van der Waals surface area contributed by atoms with E-state index in [2.05, 4.69) is 10.3 Å². The van der Waals surface area contributed by atoms with Crippen LogP contribution in [-0.2, 0) is 6.54 Å². The molecule has 0 radical (unpaired) electrons. The number of nitrogens with zero attached hydrogens (tertiary/aromatic N) is 1. The summed E-state index contributed by atoms with van der Waals surface area (Å²) < 4.78 is 26.4. The van der Waals surface area contributed by atoms with Gasteiger partial charge in [-0.05, 0) is 36.6 Å². The smallest absolute Gasteiger partial charge is 0.140 e. The molecule has 104 valence electrons. The van der Waals surface area contributed by atoms with Crippen LogP contribution in [0.2, 0.25) is 0 Å². The van der Waals surface area contributed by atoms with Crippen LogP contribution in [0.15, 0.2) is 46.5 Å². The van der Waals surface area contributed by atoms with E-state index in [9.17, 15) is 8.78 Å². The van der Waals surface area contributed by atoms with Crippen LogP contribution in [0, 0.1) is 11.6 Å². The van der Waals surface area contributed by atoms with E-state index in [1.807, 2.05) is 12.1 Å². The summed E-state index contributed by atoms with van der Waals surface area (Å²) in [6, 6.07) is 8.07. The second-order valence-electron chi connectivity index (χ2n) is 4.84. The lowest BCUT2D eigenvalue weighted by atomic mass is 10.3. The standard InChI is InChI=1S/C15H14F2N2S/c16-11-2-5-14(13(17)7-11)20-15-6-1-10(9-19-15)8-18-12-3-4-12/h1-2,5-7,9,12,18H,3-4,8H2. The molecule has 1 aliphatic rings. The van der Waals surface area contributed by atoms with E-state index < -0.39 is 11.6 Å². The molecule has 0 aliphatic heterocycles. The Bertz CT molecular complexity index is 597. The zero-order valence-corrected chi connectivity index (χ0v) is 11.6. The van der Waals surface area contributed by atoms with Gasteiger partial charge in [-0.15, -0.1) is 0 Å². The van der Waals surface area contributed by atoms with Gasteiger partial charge in [-0.25, -0.2) is 13.8 Å². The van der Waals surface area contributed by atoms with Crippen molar-refractivity contribution in [3.8, 4) is 0 Å². The maximum absolute atomic E-state index is 13.5. The molecule has 0 atom stereocenters. The number of benzene rings is 1. The molecule has 0 amide bonds. The maximum Gasteiger partial charge on any atom is 0.140 e. The van der Waals surface area contributed by atoms with Crippen molar-refractivity contribution in [3.63, 3.8) is 0 Å². The number of hydrogen-bond acceptors (Lipinski definition) is 3. The van der Waals surface area contributed by atoms with Crippen molar-refractivity contribution in [1.82, 2.24) is 10.3 Å². The molecule has 1 saturated carbocycles. The minimum atomic E-state index is -0.568. The highest BCUT2D eigenvalue weighted by atomic mass is 32.2. The van der Waals surface area contributed by atoms with Crippen LogP contribution in [0.3, 0.4) is 0 Å². The number of nitrogens with one attached hydrogen (secondary N) is 1. The Balaban J connectivity index is 1.64.